The fourth-order valence-corrected chi connectivity index (χ4v) is 5.86. The highest BCUT2D eigenvalue weighted by Crippen LogP contribution is 2.32. The molecule has 0 aliphatic carbocycles. The lowest BCUT2D eigenvalue weighted by Crippen LogP contribution is -2.51. The van der Waals surface area contributed by atoms with E-state index in [9.17, 15) is 4.79 Å². The number of carbonyl (C=O) groups is 1. The lowest BCUT2D eigenvalue weighted by atomic mass is 9.83. The molecule has 5 rings (SSSR count). The molecule has 2 N–H and O–H groups in total. The van der Waals surface area contributed by atoms with Crippen molar-refractivity contribution < 1.29 is 4.79 Å². The van der Waals surface area contributed by atoms with Crippen LogP contribution in [0.15, 0.2) is 18.2 Å². The lowest BCUT2D eigenvalue weighted by molar-refractivity contribution is 0.0353. The molecule has 2 fully saturated rings. The number of hydrogen-bond donors (Lipinski definition) is 2. The maximum absolute atomic E-state index is 12.0. The average molecular weight is 425 g/mol. The molecule has 2 aromatic rings. The van der Waals surface area contributed by atoms with Gasteiger partial charge in [0.05, 0.1) is 17.6 Å². The van der Waals surface area contributed by atoms with E-state index in [1.54, 1.807) is 0 Å². The number of urea groups is 1. The lowest BCUT2D eigenvalue weighted by Gasteiger charge is -2.46. The summed E-state index contributed by atoms with van der Waals surface area (Å²) < 4.78 is 2.36. The summed E-state index contributed by atoms with van der Waals surface area (Å²) >= 11 is 0. The second-order valence-corrected chi connectivity index (χ2v) is 9.87. The van der Waals surface area contributed by atoms with E-state index >= 15 is 0 Å². The molecule has 7 nitrogen and oxygen atoms in total. The number of fused-ring (bicyclic) bond motifs is 4. The molecule has 0 bridgehead atoms. The van der Waals surface area contributed by atoms with Gasteiger partial charge < -0.3 is 20.1 Å². The molecule has 7 heteroatoms. The monoisotopic (exact) mass is 424 g/mol. The highest BCUT2D eigenvalue weighted by Gasteiger charge is 2.34. The smallest absolute Gasteiger partial charge is 0.319 e. The zero-order valence-corrected chi connectivity index (χ0v) is 18.9. The predicted octanol–water partition coefficient (Wildman–Crippen LogP) is 3.65. The summed E-state index contributed by atoms with van der Waals surface area (Å²) in [5.41, 5.74) is 2.92. The van der Waals surface area contributed by atoms with Crippen molar-refractivity contribution in [1.29, 1.82) is 0 Å². The van der Waals surface area contributed by atoms with Gasteiger partial charge in [0.15, 0.2) is 0 Å². The Kier molecular flexibility index (Phi) is 5.89. The van der Waals surface area contributed by atoms with Gasteiger partial charge in [-0.05, 0) is 76.7 Å². The van der Waals surface area contributed by atoms with E-state index in [1.165, 1.54) is 57.3 Å². The van der Waals surface area contributed by atoms with Crippen LogP contribution in [0.25, 0.3) is 11.0 Å². The summed E-state index contributed by atoms with van der Waals surface area (Å²) in [6, 6.07) is 6.80. The highest BCUT2D eigenvalue weighted by molar-refractivity contribution is 5.92. The number of nitrogens with one attached hydrogen (secondary N) is 2. The Morgan fingerprint density at radius 3 is 2.87 bits per heavy atom. The molecule has 0 spiro atoms. The number of nitrogens with zero attached hydrogens (tertiary/aromatic N) is 4. The largest absolute Gasteiger partial charge is 0.336 e. The van der Waals surface area contributed by atoms with E-state index < -0.39 is 0 Å². The Hall–Kier alpha value is -2.12. The van der Waals surface area contributed by atoms with Crippen LogP contribution in [0.2, 0.25) is 0 Å². The molecule has 2 atom stereocenters. The third-order valence-corrected chi connectivity index (χ3v) is 7.23. The fourth-order valence-electron chi connectivity index (χ4n) is 5.86. The van der Waals surface area contributed by atoms with Crippen LogP contribution in [-0.2, 0) is 13.1 Å². The fraction of sp³-hybridized carbons (Fsp3) is 0.667. The number of aromatic nitrogens is 2. The number of amides is 2. The van der Waals surface area contributed by atoms with Crippen molar-refractivity contribution in [2.75, 3.05) is 31.5 Å². The Morgan fingerprint density at radius 2 is 2.00 bits per heavy atom. The van der Waals surface area contributed by atoms with E-state index in [-0.39, 0.29) is 12.1 Å². The van der Waals surface area contributed by atoms with Crippen molar-refractivity contribution in [3.63, 3.8) is 0 Å². The minimum atomic E-state index is -0.172. The van der Waals surface area contributed by atoms with Crippen LogP contribution in [0, 0.1) is 5.92 Å². The SMILES string of the molecule is CC(C)NC(=O)Nc1ccc2c(c1)nc1n2CCN(CC2CCCN3CCCCC23)C1. The van der Waals surface area contributed by atoms with Crippen LogP contribution in [0.5, 0.6) is 0 Å². The highest BCUT2D eigenvalue weighted by atomic mass is 16.2. The van der Waals surface area contributed by atoms with E-state index in [2.05, 4.69) is 31.1 Å². The van der Waals surface area contributed by atoms with Crippen molar-refractivity contribution in [3.8, 4) is 0 Å². The number of anilines is 1. The molecule has 0 saturated carbocycles. The van der Waals surface area contributed by atoms with Gasteiger partial charge in [0.25, 0.3) is 0 Å². The molecule has 1 aromatic carbocycles. The Balaban J connectivity index is 1.27. The van der Waals surface area contributed by atoms with E-state index in [0.29, 0.717) is 0 Å². The van der Waals surface area contributed by atoms with Gasteiger partial charge in [0, 0.05) is 37.4 Å². The van der Waals surface area contributed by atoms with E-state index in [0.717, 1.165) is 48.6 Å². The van der Waals surface area contributed by atoms with Crippen molar-refractivity contribution in [2.24, 2.45) is 5.92 Å². The number of piperidine rings is 2. The van der Waals surface area contributed by atoms with Gasteiger partial charge in [0.1, 0.15) is 5.82 Å². The third kappa shape index (κ3) is 4.44. The number of hydrogen-bond acceptors (Lipinski definition) is 4. The molecule has 0 radical (unpaired) electrons. The second kappa shape index (κ2) is 8.79. The summed E-state index contributed by atoms with van der Waals surface area (Å²) in [4.78, 5) is 22.4. The zero-order valence-electron chi connectivity index (χ0n) is 18.9. The van der Waals surface area contributed by atoms with Crippen LogP contribution in [0.4, 0.5) is 10.5 Å². The summed E-state index contributed by atoms with van der Waals surface area (Å²) in [5, 5.41) is 5.79. The maximum Gasteiger partial charge on any atom is 0.319 e. The van der Waals surface area contributed by atoms with Crippen LogP contribution >= 0.6 is 0 Å². The van der Waals surface area contributed by atoms with E-state index in [1.807, 2.05) is 26.0 Å². The van der Waals surface area contributed by atoms with Gasteiger partial charge in [-0.1, -0.05) is 6.42 Å². The number of carbonyl (C=O) groups excluding carboxylic acids is 1. The van der Waals surface area contributed by atoms with Gasteiger partial charge in [-0.25, -0.2) is 9.78 Å². The first kappa shape index (κ1) is 20.8. The number of imidazole rings is 1. The van der Waals surface area contributed by atoms with E-state index in [4.69, 9.17) is 4.98 Å². The summed E-state index contributed by atoms with van der Waals surface area (Å²) in [5.74, 6) is 1.96. The summed E-state index contributed by atoms with van der Waals surface area (Å²) in [6.07, 6.45) is 6.90. The van der Waals surface area contributed by atoms with Crippen LogP contribution < -0.4 is 10.6 Å². The predicted molar refractivity (Wildman–Crippen MR) is 124 cm³/mol. The number of benzene rings is 1. The van der Waals surface area contributed by atoms with Crippen molar-refractivity contribution in [2.45, 2.75) is 71.1 Å². The molecule has 4 heterocycles. The molecule has 3 aliphatic rings. The molecule has 31 heavy (non-hydrogen) atoms. The quantitative estimate of drug-likeness (QED) is 0.786. The van der Waals surface area contributed by atoms with Gasteiger partial charge in [-0.2, -0.15) is 0 Å². The van der Waals surface area contributed by atoms with Crippen LogP contribution in [0.3, 0.4) is 0 Å². The molecule has 1 aromatic heterocycles. The van der Waals surface area contributed by atoms with Gasteiger partial charge in [-0.15, -0.1) is 0 Å². The zero-order chi connectivity index (χ0) is 21.4. The molecule has 2 saturated heterocycles. The molecule has 2 unspecified atom stereocenters. The average Bonchev–Trinajstić information content (AvgIpc) is 3.10. The minimum Gasteiger partial charge on any atom is -0.336 e. The molecule has 3 aliphatic heterocycles. The number of rotatable bonds is 4. The molecule has 168 valence electrons. The minimum absolute atomic E-state index is 0.111. The Bertz CT molecular complexity index is 936. The maximum atomic E-state index is 12.0. The van der Waals surface area contributed by atoms with Gasteiger partial charge >= 0.3 is 6.03 Å². The van der Waals surface area contributed by atoms with Crippen molar-refractivity contribution >= 4 is 22.8 Å². The Labute approximate surface area is 185 Å². The van der Waals surface area contributed by atoms with Crippen LogP contribution in [-0.4, -0.2) is 63.6 Å². The third-order valence-electron chi connectivity index (χ3n) is 7.23. The van der Waals surface area contributed by atoms with Gasteiger partial charge in [0.2, 0.25) is 0 Å². The second-order valence-electron chi connectivity index (χ2n) is 9.87. The molecular formula is C24H36N6O. The normalized spacial score (nSPS) is 24.7. The first-order valence-electron chi connectivity index (χ1n) is 12.1. The standard InChI is InChI=1S/C24H36N6O/c1-17(2)25-24(31)26-19-8-9-22-20(14-19)27-23-16-28(12-13-30(22)23)15-18-6-5-11-29-10-4-3-7-21(18)29/h8-9,14,17-18,21H,3-7,10-13,15-16H2,1-2H3,(H2,25,26,31). The topological polar surface area (TPSA) is 65.4 Å². The van der Waals surface area contributed by atoms with Crippen molar-refractivity contribution in [3.05, 3.63) is 24.0 Å². The van der Waals surface area contributed by atoms with Gasteiger partial charge in [-0.3, -0.25) is 4.90 Å². The first-order chi connectivity index (χ1) is 15.1. The Morgan fingerprint density at radius 1 is 1.13 bits per heavy atom. The molecular weight excluding hydrogens is 388 g/mol. The molecule has 2 amide bonds. The van der Waals surface area contributed by atoms with Crippen LogP contribution in [0.1, 0.15) is 51.8 Å². The van der Waals surface area contributed by atoms with Crippen molar-refractivity contribution in [1.82, 2.24) is 24.7 Å². The summed E-state index contributed by atoms with van der Waals surface area (Å²) in [7, 11) is 0. The first-order valence-corrected chi connectivity index (χ1v) is 12.1. The summed E-state index contributed by atoms with van der Waals surface area (Å²) in [6.45, 7) is 10.7.